The molecule has 0 N–H and O–H groups in total. The van der Waals surface area contributed by atoms with Crippen molar-refractivity contribution in [2.24, 2.45) is 0 Å². The van der Waals surface area contributed by atoms with Gasteiger partial charge in [-0.25, -0.2) is 0 Å². The van der Waals surface area contributed by atoms with Crippen molar-refractivity contribution in [1.82, 2.24) is 0 Å². The average molecular weight is 205 g/mol. The molecule has 0 fully saturated rings. The molecule has 1 heterocycles. The summed E-state index contributed by atoms with van der Waals surface area (Å²) >= 11 is 0. The Kier molecular flexibility index (Phi) is 2.73. The minimum atomic E-state index is 0.174. The van der Waals surface area contributed by atoms with Gasteiger partial charge in [0.25, 0.3) is 0 Å². The van der Waals surface area contributed by atoms with Gasteiger partial charge in [0, 0.05) is 19.3 Å². The van der Waals surface area contributed by atoms with Crippen LogP contribution in [0.5, 0.6) is 0 Å². The first-order chi connectivity index (χ1) is 7.22. The van der Waals surface area contributed by atoms with E-state index in [0.717, 1.165) is 11.3 Å². The fourth-order valence-corrected chi connectivity index (χ4v) is 1.90. The molecule has 0 aliphatic carbocycles. The number of rotatable bonds is 3. The topological polar surface area (TPSA) is 29.5 Å². The Morgan fingerprint density at radius 1 is 1.47 bits per heavy atom. The van der Waals surface area contributed by atoms with E-state index in [9.17, 15) is 4.79 Å². The molecule has 1 aromatic rings. The van der Waals surface area contributed by atoms with Crippen molar-refractivity contribution in [3.05, 3.63) is 29.3 Å². The highest BCUT2D eigenvalue weighted by Crippen LogP contribution is 2.29. The summed E-state index contributed by atoms with van der Waals surface area (Å²) in [6.45, 7) is 3.27. The van der Waals surface area contributed by atoms with Gasteiger partial charge in [0.15, 0.2) is 0 Å². The summed E-state index contributed by atoms with van der Waals surface area (Å²) in [5, 5.41) is 0. The van der Waals surface area contributed by atoms with Crippen LogP contribution in [0.4, 0.5) is 5.69 Å². The number of fused-ring (bicyclic) bond motifs is 1. The van der Waals surface area contributed by atoms with Crippen molar-refractivity contribution in [2.75, 3.05) is 25.2 Å². The highest BCUT2D eigenvalue weighted by atomic mass is 16.5. The molecule has 0 unspecified atom stereocenters. The summed E-state index contributed by atoms with van der Waals surface area (Å²) in [5.74, 6) is 0.174. The second-order valence-electron chi connectivity index (χ2n) is 3.85. The summed E-state index contributed by atoms with van der Waals surface area (Å²) < 4.78 is 5.00. The minimum absolute atomic E-state index is 0.174. The number of carbonyl (C=O) groups is 1. The number of amides is 1. The molecule has 1 aromatic carbocycles. The first-order valence-electron chi connectivity index (χ1n) is 5.11. The zero-order chi connectivity index (χ0) is 10.8. The van der Waals surface area contributed by atoms with Crippen LogP contribution in [0.3, 0.4) is 0 Å². The Morgan fingerprint density at radius 3 is 3.00 bits per heavy atom. The number of aryl methyl sites for hydroxylation is 1. The van der Waals surface area contributed by atoms with Crippen molar-refractivity contribution in [3.63, 3.8) is 0 Å². The molecule has 0 saturated carbocycles. The Hall–Kier alpha value is -1.35. The van der Waals surface area contributed by atoms with Crippen molar-refractivity contribution >= 4 is 11.6 Å². The molecule has 0 aromatic heterocycles. The molecule has 3 nitrogen and oxygen atoms in total. The Bertz CT molecular complexity index is 387. The maximum Gasteiger partial charge on any atom is 0.231 e. The number of nitrogens with zero attached hydrogens (tertiary/aromatic N) is 1. The second kappa shape index (κ2) is 4.03. The van der Waals surface area contributed by atoms with E-state index >= 15 is 0 Å². The number of benzene rings is 1. The van der Waals surface area contributed by atoms with E-state index in [4.69, 9.17) is 4.74 Å². The predicted molar refractivity (Wildman–Crippen MR) is 59.1 cm³/mol. The molecule has 1 aliphatic heterocycles. The number of hydrogen-bond donors (Lipinski definition) is 0. The lowest BCUT2D eigenvalue weighted by molar-refractivity contribution is -0.117. The lowest BCUT2D eigenvalue weighted by Gasteiger charge is -2.17. The number of carbonyl (C=O) groups excluding carboxylic acids is 1. The van der Waals surface area contributed by atoms with E-state index in [1.165, 1.54) is 5.56 Å². The monoisotopic (exact) mass is 205 g/mol. The molecule has 1 aliphatic rings. The molecule has 1 amide bonds. The molecule has 0 spiro atoms. The maximum atomic E-state index is 11.7. The van der Waals surface area contributed by atoms with Crippen molar-refractivity contribution in [3.8, 4) is 0 Å². The maximum absolute atomic E-state index is 11.7. The Labute approximate surface area is 89.7 Å². The third-order valence-corrected chi connectivity index (χ3v) is 2.69. The van der Waals surface area contributed by atoms with Gasteiger partial charge in [0.05, 0.1) is 13.0 Å². The highest BCUT2D eigenvalue weighted by molar-refractivity contribution is 6.01. The van der Waals surface area contributed by atoms with Crippen LogP contribution in [0, 0.1) is 6.92 Å². The van der Waals surface area contributed by atoms with E-state index in [1.54, 1.807) is 7.11 Å². The molecular formula is C12H15NO2. The molecule has 2 rings (SSSR count). The Morgan fingerprint density at radius 2 is 2.27 bits per heavy atom. The van der Waals surface area contributed by atoms with Gasteiger partial charge >= 0.3 is 0 Å². The summed E-state index contributed by atoms with van der Waals surface area (Å²) in [7, 11) is 1.65. The van der Waals surface area contributed by atoms with Crippen LogP contribution in [-0.4, -0.2) is 26.2 Å². The fourth-order valence-electron chi connectivity index (χ4n) is 1.90. The van der Waals surface area contributed by atoms with Gasteiger partial charge < -0.3 is 9.64 Å². The van der Waals surface area contributed by atoms with Crippen LogP contribution in [0.2, 0.25) is 0 Å². The molecule has 0 radical (unpaired) electrons. The van der Waals surface area contributed by atoms with E-state index in [0.29, 0.717) is 19.6 Å². The van der Waals surface area contributed by atoms with Crippen molar-refractivity contribution in [2.45, 2.75) is 13.3 Å². The molecule has 0 bridgehead atoms. The van der Waals surface area contributed by atoms with Crippen molar-refractivity contribution < 1.29 is 9.53 Å². The molecule has 15 heavy (non-hydrogen) atoms. The van der Waals surface area contributed by atoms with Crippen LogP contribution >= 0.6 is 0 Å². The molecule has 80 valence electrons. The quantitative estimate of drug-likeness (QED) is 0.749. The summed E-state index contributed by atoms with van der Waals surface area (Å²) in [6.07, 6.45) is 0.527. The van der Waals surface area contributed by atoms with Gasteiger partial charge in [-0.3, -0.25) is 4.79 Å². The van der Waals surface area contributed by atoms with Crippen molar-refractivity contribution in [1.29, 1.82) is 0 Å². The first-order valence-corrected chi connectivity index (χ1v) is 5.11. The Balaban J connectivity index is 2.27. The van der Waals surface area contributed by atoms with Gasteiger partial charge in [-0.05, 0) is 24.1 Å². The van der Waals surface area contributed by atoms with Gasteiger partial charge in [-0.15, -0.1) is 0 Å². The molecular weight excluding hydrogens is 190 g/mol. The molecule has 0 saturated heterocycles. The lowest BCUT2D eigenvalue weighted by atomic mass is 10.1. The van der Waals surface area contributed by atoms with E-state index < -0.39 is 0 Å². The van der Waals surface area contributed by atoms with E-state index in [2.05, 4.69) is 6.07 Å². The number of ether oxygens (including phenoxy) is 1. The smallest absolute Gasteiger partial charge is 0.231 e. The second-order valence-corrected chi connectivity index (χ2v) is 3.85. The SMILES string of the molecule is COCCN1C(=O)Cc2ccc(C)cc21. The largest absolute Gasteiger partial charge is 0.383 e. The summed E-state index contributed by atoms with van der Waals surface area (Å²) in [5.41, 5.74) is 3.37. The number of hydrogen-bond acceptors (Lipinski definition) is 2. The van der Waals surface area contributed by atoms with Crippen LogP contribution in [0.1, 0.15) is 11.1 Å². The number of anilines is 1. The molecule has 0 atom stereocenters. The summed E-state index contributed by atoms with van der Waals surface area (Å²) in [4.78, 5) is 13.5. The van der Waals surface area contributed by atoms with E-state index in [-0.39, 0.29) is 5.91 Å². The number of methoxy groups -OCH3 is 1. The van der Waals surface area contributed by atoms with Crippen LogP contribution in [0.25, 0.3) is 0 Å². The van der Waals surface area contributed by atoms with E-state index in [1.807, 2.05) is 24.0 Å². The van der Waals surface area contributed by atoms with Gasteiger partial charge in [0.2, 0.25) is 5.91 Å². The van der Waals surface area contributed by atoms with Gasteiger partial charge in [-0.2, -0.15) is 0 Å². The fraction of sp³-hybridized carbons (Fsp3) is 0.417. The zero-order valence-corrected chi connectivity index (χ0v) is 9.12. The highest BCUT2D eigenvalue weighted by Gasteiger charge is 2.26. The average Bonchev–Trinajstić information content (AvgIpc) is 2.51. The van der Waals surface area contributed by atoms with Gasteiger partial charge in [0.1, 0.15) is 0 Å². The lowest BCUT2D eigenvalue weighted by Crippen LogP contribution is -2.30. The minimum Gasteiger partial charge on any atom is -0.383 e. The van der Waals surface area contributed by atoms with Crippen LogP contribution in [0.15, 0.2) is 18.2 Å². The normalized spacial score (nSPS) is 14.5. The van der Waals surface area contributed by atoms with Crippen LogP contribution < -0.4 is 4.90 Å². The zero-order valence-electron chi connectivity index (χ0n) is 9.12. The third kappa shape index (κ3) is 1.88. The van der Waals surface area contributed by atoms with Gasteiger partial charge in [-0.1, -0.05) is 12.1 Å². The predicted octanol–water partition coefficient (Wildman–Crippen LogP) is 1.53. The van der Waals surface area contributed by atoms with Crippen LogP contribution in [-0.2, 0) is 16.0 Å². The first kappa shape index (κ1) is 10.2. The molecule has 3 heteroatoms. The standard InChI is InChI=1S/C12H15NO2/c1-9-3-4-10-8-12(14)13(5-6-15-2)11(10)7-9/h3-4,7H,5-6,8H2,1-2H3. The summed E-state index contributed by atoms with van der Waals surface area (Å²) in [6, 6.07) is 6.15. The third-order valence-electron chi connectivity index (χ3n) is 2.69.